The molecule has 9 nitrogen and oxygen atoms in total. The van der Waals surface area contributed by atoms with Gasteiger partial charge in [-0.05, 0) is 102 Å². The zero-order chi connectivity index (χ0) is 30.9. The van der Waals surface area contributed by atoms with Gasteiger partial charge in [-0.25, -0.2) is 8.42 Å². The van der Waals surface area contributed by atoms with E-state index in [-0.39, 0.29) is 22.9 Å². The molecule has 0 bridgehead atoms. The van der Waals surface area contributed by atoms with Crippen LogP contribution < -0.4 is 14.9 Å². The maximum atomic E-state index is 14.3. The second-order valence-electron chi connectivity index (χ2n) is 10.9. The number of para-hydroxylation sites is 2. The quantitative estimate of drug-likeness (QED) is 0.323. The van der Waals surface area contributed by atoms with Crippen LogP contribution in [0.5, 0.6) is 0 Å². The number of carbonyl (C=O) groups is 3. The number of anilines is 2. The minimum atomic E-state index is -4.33. The van der Waals surface area contributed by atoms with Crippen LogP contribution in [0.25, 0.3) is 0 Å². The van der Waals surface area contributed by atoms with E-state index in [1.165, 1.54) is 0 Å². The molecule has 2 aliphatic rings. The minimum absolute atomic E-state index is 0.0209. The number of rotatable bonds is 8. The summed E-state index contributed by atoms with van der Waals surface area (Å²) in [7, 11) is -4.33. The number of nitrogens with one attached hydrogen (secondary N) is 2. The Hall–Kier alpha value is -3.16. The molecule has 5 rings (SSSR count). The third-order valence-electron chi connectivity index (χ3n) is 7.71. The number of carbonyl (C=O) groups excluding carboxylic acids is 3. The Morgan fingerprint density at radius 3 is 2.33 bits per heavy atom. The summed E-state index contributed by atoms with van der Waals surface area (Å²) in [4.78, 5) is 42.3. The molecule has 3 amide bonds. The number of nitrogens with zero attached hydrogens (tertiary/aromatic N) is 2. The molecule has 3 aromatic rings. The van der Waals surface area contributed by atoms with E-state index in [9.17, 15) is 22.8 Å². The van der Waals surface area contributed by atoms with Crippen molar-refractivity contribution in [3.8, 4) is 0 Å². The predicted octanol–water partition coefficient (Wildman–Crippen LogP) is 4.82. The van der Waals surface area contributed by atoms with Crippen molar-refractivity contribution in [1.29, 1.82) is 0 Å². The highest BCUT2D eigenvalue weighted by atomic mass is 127. The Balaban J connectivity index is 1.47. The van der Waals surface area contributed by atoms with Crippen molar-refractivity contribution in [2.24, 2.45) is 0 Å². The molecule has 0 spiro atoms. The molecule has 0 aliphatic carbocycles. The Bertz CT molecular complexity index is 1650. The molecule has 1 saturated heterocycles. The third-order valence-corrected chi connectivity index (χ3v) is 10.8. The van der Waals surface area contributed by atoms with Crippen molar-refractivity contribution in [1.82, 2.24) is 10.2 Å². The summed E-state index contributed by atoms with van der Waals surface area (Å²) in [6, 6.07) is 15.1. The molecular weight excluding hydrogens is 703 g/mol. The molecular formula is C31H32ClIN4O5S. The van der Waals surface area contributed by atoms with Crippen molar-refractivity contribution in [3.63, 3.8) is 0 Å². The van der Waals surface area contributed by atoms with Gasteiger partial charge in [0.15, 0.2) is 0 Å². The van der Waals surface area contributed by atoms with Crippen LogP contribution in [0.1, 0.15) is 36.0 Å². The Morgan fingerprint density at radius 2 is 1.67 bits per heavy atom. The fourth-order valence-electron chi connectivity index (χ4n) is 5.78. The third kappa shape index (κ3) is 6.68. The van der Waals surface area contributed by atoms with Crippen LogP contribution in [0.2, 0.25) is 5.02 Å². The van der Waals surface area contributed by atoms with E-state index in [0.29, 0.717) is 34.9 Å². The standard InChI is InChI=1S/C31H32ClIN4O5S/c1-19-15-22(32)16-20(2)29(19)43(41,42)37-26-8-4-3-7-24(26)35-30(39)27(37)18-28(38)34-25(31(40)36-13-5-6-14-36)17-21-9-11-23(33)12-10-21/h3-4,7-12,15-16,25,27H,5-6,13-14,17-18H2,1-2H3,(H,34,38)(H,35,39). The maximum Gasteiger partial charge on any atom is 0.265 e. The largest absolute Gasteiger partial charge is 0.344 e. The maximum absolute atomic E-state index is 14.3. The van der Waals surface area contributed by atoms with Crippen LogP contribution in [-0.4, -0.2) is 56.2 Å². The molecule has 226 valence electrons. The Kier molecular flexibility index (Phi) is 9.33. The Labute approximate surface area is 270 Å². The molecule has 2 atom stereocenters. The number of amides is 3. The highest BCUT2D eigenvalue weighted by Gasteiger charge is 2.43. The number of fused-ring (bicyclic) bond motifs is 1. The first kappa shape index (κ1) is 31.3. The number of halogens is 2. The van der Waals surface area contributed by atoms with Gasteiger partial charge in [0, 0.05) is 28.1 Å². The van der Waals surface area contributed by atoms with E-state index >= 15 is 0 Å². The van der Waals surface area contributed by atoms with Crippen LogP contribution in [0.15, 0.2) is 65.6 Å². The molecule has 0 radical (unpaired) electrons. The number of benzene rings is 3. The number of hydrogen-bond acceptors (Lipinski definition) is 5. The van der Waals surface area contributed by atoms with Gasteiger partial charge < -0.3 is 15.5 Å². The summed E-state index contributed by atoms with van der Waals surface area (Å²) in [6.07, 6.45) is 1.58. The van der Waals surface area contributed by atoms with Crippen molar-refractivity contribution >= 4 is 73.3 Å². The van der Waals surface area contributed by atoms with E-state index in [4.69, 9.17) is 11.6 Å². The van der Waals surface area contributed by atoms with Gasteiger partial charge >= 0.3 is 0 Å². The summed E-state index contributed by atoms with van der Waals surface area (Å²) in [6.45, 7) is 4.52. The van der Waals surface area contributed by atoms with Crippen LogP contribution in [0.4, 0.5) is 11.4 Å². The van der Waals surface area contributed by atoms with Crippen molar-refractivity contribution < 1.29 is 22.8 Å². The average Bonchev–Trinajstić information content (AvgIpc) is 3.48. The van der Waals surface area contributed by atoms with Crippen LogP contribution in [-0.2, 0) is 30.8 Å². The number of hydrogen-bond donors (Lipinski definition) is 2. The van der Waals surface area contributed by atoms with Crippen LogP contribution in [0.3, 0.4) is 0 Å². The van der Waals surface area contributed by atoms with Gasteiger partial charge in [0.2, 0.25) is 17.7 Å². The van der Waals surface area contributed by atoms with Crippen molar-refractivity contribution in [2.45, 2.75) is 56.5 Å². The second-order valence-corrected chi connectivity index (χ2v) is 14.3. The molecule has 3 aromatic carbocycles. The smallest absolute Gasteiger partial charge is 0.265 e. The molecule has 2 unspecified atom stereocenters. The van der Waals surface area contributed by atoms with Crippen molar-refractivity contribution in [3.05, 3.63) is 85.9 Å². The molecule has 0 saturated carbocycles. The molecule has 2 heterocycles. The van der Waals surface area contributed by atoms with E-state index < -0.39 is 40.3 Å². The normalized spacial score (nSPS) is 17.3. The molecule has 2 aliphatic heterocycles. The summed E-state index contributed by atoms with van der Waals surface area (Å²) in [5.74, 6) is -1.44. The average molecular weight is 735 g/mol. The fraction of sp³-hybridized carbons (Fsp3) is 0.323. The van der Waals surface area contributed by atoms with Gasteiger partial charge in [0.25, 0.3) is 10.0 Å². The first-order chi connectivity index (χ1) is 20.5. The molecule has 12 heteroatoms. The lowest BCUT2D eigenvalue weighted by Crippen LogP contribution is -2.55. The first-order valence-corrected chi connectivity index (χ1v) is 16.9. The molecule has 43 heavy (non-hydrogen) atoms. The highest BCUT2D eigenvalue weighted by molar-refractivity contribution is 14.1. The summed E-state index contributed by atoms with van der Waals surface area (Å²) < 4.78 is 30.7. The fourth-order valence-corrected chi connectivity index (χ4v) is 8.52. The SMILES string of the molecule is Cc1cc(Cl)cc(C)c1S(=O)(=O)N1c2ccccc2NC(=O)C1CC(=O)NC(Cc1ccc(I)cc1)C(=O)N1CCCC1. The number of sulfonamides is 1. The van der Waals surface area contributed by atoms with E-state index in [0.717, 1.165) is 26.3 Å². The van der Waals surface area contributed by atoms with Crippen LogP contribution >= 0.6 is 34.2 Å². The zero-order valence-electron chi connectivity index (χ0n) is 23.8. The zero-order valence-corrected chi connectivity index (χ0v) is 27.5. The predicted molar refractivity (Wildman–Crippen MR) is 175 cm³/mol. The van der Waals surface area contributed by atoms with Gasteiger partial charge in [-0.2, -0.15) is 0 Å². The van der Waals surface area contributed by atoms with Gasteiger partial charge in [-0.3, -0.25) is 18.7 Å². The topological polar surface area (TPSA) is 116 Å². The first-order valence-electron chi connectivity index (χ1n) is 14.0. The molecule has 2 N–H and O–H groups in total. The minimum Gasteiger partial charge on any atom is -0.344 e. The summed E-state index contributed by atoms with van der Waals surface area (Å²) >= 11 is 8.39. The molecule has 1 fully saturated rings. The van der Waals surface area contributed by atoms with E-state index in [2.05, 4.69) is 33.2 Å². The highest BCUT2D eigenvalue weighted by Crippen LogP contribution is 2.39. The van der Waals surface area contributed by atoms with Crippen LogP contribution in [0, 0.1) is 17.4 Å². The molecule has 0 aromatic heterocycles. The second kappa shape index (κ2) is 12.8. The number of aryl methyl sites for hydroxylation is 2. The van der Waals surface area contributed by atoms with Gasteiger partial charge in [0.05, 0.1) is 22.7 Å². The van der Waals surface area contributed by atoms with Gasteiger partial charge in [-0.1, -0.05) is 35.9 Å². The monoisotopic (exact) mass is 734 g/mol. The summed E-state index contributed by atoms with van der Waals surface area (Å²) in [5.41, 5.74) is 2.28. The van der Waals surface area contributed by atoms with Gasteiger partial charge in [0.1, 0.15) is 12.1 Å². The lowest BCUT2D eigenvalue weighted by Gasteiger charge is -2.37. The Morgan fingerprint density at radius 1 is 1.05 bits per heavy atom. The number of likely N-dealkylation sites (tertiary alicyclic amines) is 1. The van der Waals surface area contributed by atoms with E-state index in [1.54, 1.807) is 55.1 Å². The van der Waals surface area contributed by atoms with E-state index in [1.807, 2.05) is 24.3 Å². The lowest BCUT2D eigenvalue weighted by molar-refractivity contribution is -0.135. The van der Waals surface area contributed by atoms with Crippen molar-refractivity contribution in [2.75, 3.05) is 22.7 Å². The van der Waals surface area contributed by atoms with Gasteiger partial charge in [-0.15, -0.1) is 0 Å². The lowest BCUT2D eigenvalue weighted by atomic mass is 10.0. The summed E-state index contributed by atoms with van der Waals surface area (Å²) in [5, 5.41) is 5.98.